The van der Waals surface area contributed by atoms with E-state index in [1.165, 1.54) is 0 Å². The summed E-state index contributed by atoms with van der Waals surface area (Å²) in [4.78, 5) is 13.7. The first-order valence-electron chi connectivity index (χ1n) is 6.99. The third-order valence-corrected chi connectivity index (χ3v) is 3.79. The molecule has 0 aromatic carbocycles. The molecule has 0 aliphatic carbocycles. The third-order valence-electron chi connectivity index (χ3n) is 3.79. The largest absolute Gasteiger partial charge is 0.465 e. The smallest absolute Gasteiger partial charge is 0.237 e. The van der Waals surface area contributed by atoms with Crippen LogP contribution in [0.15, 0.2) is 16.5 Å². The second-order valence-electron chi connectivity index (χ2n) is 5.20. The van der Waals surface area contributed by atoms with Crippen molar-refractivity contribution in [1.29, 1.82) is 0 Å². The van der Waals surface area contributed by atoms with Gasteiger partial charge in [0.1, 0.15) is 17.6 Å². The Kier molecular flexibility index (Phi) is 4.80. The van der Waals surface area contributed by atoms with Crippen LogP contribution in [0.5, 0.6) is 0 Å². The first kappa shape index (κ1) is 15.0. The number of nitrogens with two attached hydrogens (primary N) is 2. The average molecular weight is 281 g/mol. The Balaban J connectivity index is 2.31. The lowest BCUT2D eigenvalue weighted by Crippen LogP contribution is -2.56. The summed E-state index contributed by atoms with van der Waals surface area (Å²) in [7, 11) is 0. The molecule has 1 aliphatic heterocycles. The molecule has 0 bridgehead atoms. The molecule has 2 heterocycles. The Morgan fingerprint density at radius 2 is 2.30 bits per heavy atom. The van der Waals surface area contributed by atoms with E-state index in [0.717, 1.165) is 17.9 Å². The van der Waals surface area contributed by atoms with Crippen LogP contribution in [0.2, 0.25) is 0 Å². The number of primary amides is 1. The number of nitrogens with zero attached hydrogens (tertiary/aromatic N) is 1. The van der Waals surface area contributed by atoms with Gasteiger partial charge in [-0.1, -0.05) is 6.92 Å². The van der Waals surface area contributed by atoms with Crippen LogP contribution >= 0.6 is 0 Å². The van der Waals surface area contributed by atoms with Crippen molar-refractivity contribution >= 4 is 5.91 Å². The van der Waals surface area contributed by atoms with Crippen molar-refractivity contribution in [3.05, 3.63) is 23.7 Å². The molecular weight excluding hydrogens is 258 g/mol. The molecule has 0 saturated carbocycles. The van der Waals surface area contributed by atoms with Gasteiger partial charge in [-0.3, -0.25) is 9.69 Å². The van der Waals surface area contributed by atoms with E-state index in [2.05, 4.69) is 0 Å². The van der Waals surface area contributed by atoms with Gasteiger partial charge >= 0.3 is 0 Å². The van der Waals surface area contributed by atoms with E-state index in [9.17, 15) is 4.79 Å². The molecule has 1 aromatic heterocycles. The van der Waals surface area contributed by atoms with Crippen molar-refractivity contribution in [3.8, 4) is 0 Å². The number of furan rings is 1. The molecule has 1 saturated heterocycles. The van der Waals surface area contributed by atoms with Gasteiger partial charge in [0.2, 0.25) is 5.91 Å². The summed E-state index contributed by atoms with van der Waals surface area (Å²) in [6, 6.07) is 3.08. The SMILES string of the molecule is CCC(N)C(c1ccc(C)o1)N1CCOCC1C(N)=O. The van der Waals surface area contributed by atoms with Crippen molar-refractivity contribution in [1.82, 2.24) is 4.90 Å². The second-order valence-corrected chi connectivity index (χ2v) is 5.20. The predicted octanol–water partition coefficient (Wildman–Crippen LogP) is 0.553. The molecule has 1 amide bonds. The van der Waals surface area contributed by atoms with Gasteiger partial charge in [-0.2, -0.15) is 0 Å². The fourth-order valence-electron chi connectivity index (χ4n) is 2.65. The summed E-state index contributed by atoms with van der Waals surface area (Å²) in [6.45, 7) is 5.40. The number of hydrogen-bond acceptors (Lipinski definition) is 5. The summed E-state index contributed by atoms with van der Waals surface area (Å²) >= 11 is 0. The number of amides is 1. The molecule has 3 atom stereocenters. The fourth-order valence-corrected chi connectivity index (χ4v) is 2.65. The Morgan fingerprint density at radius 1 is 1.55 bits per heavy atom. The first-order valence-corrected chi connectivity index (χ1v) is 6.99. The lowest BCUT2D eigenvalue weighted by molar-refractivity contribution is -0.132. The summed E-state index contributed by atoms with van der Waals surface area (Å²) in [5, 5.41) is 0. The molecule has 112 valence electrons. The number of morpholine rings is 1. The van der Waals surface area contributed by atoms with Crippen molar-refractivity contribution < 1.29 is 13.9 Å². The molecule has 3 unspecified atom stereocenters. The van der Waals surface area contributed by atoms with Crippen LogP contribution < -0.4 is 11.5 Å². The highest BCUT2D eigenvalue weighted by atomic mass is 16.5. The predicted molar refractivity (Wildman–Crippen MR) is 75.0 cm³/mol. The van der Waals surface area contributed by atoms with E-state index in [0.29, 0.717) is 19.8 Å². The van der Waals surface area contributed by atoms with Crippen LogP contribution in [-0.4, -0.2) is 42.6 Å². The van der Waals surface area contributed by atoms with Crippen LogP contribution in [0.4, 0.5) is 0 Å². The molecule has 6 nitrogen and oxygen atoms in total. The Bertz CT molecular complexity index is 460. The van der Waals surface area contributed by atoms with E-state index < -0.39 is 6.04 Å². The minimum Gasteiger partial charge on any atom is -0.465 e. The normalized spacial score (nSPS) is 23.4. The van der Waals surface area contributed by atoms with Crippen LogP contribution in [0, 0.1) is 6.92 Å². The van der Waals surface area contributed by atoms with Gasteiger partial charge in [0.15, 0.2) is 0 Å². The Hall–Kier alpha value is -1.37. The summed E-state index contributed by atoms with van der Waals surface area (Å²) in [5.74, 6) is 1.23. The average Bonchev–Trinajstić information content (AvgIpc) is 2.85. The number of carbonyl (C=O) groups excluding carboxylic acids is 1. The molecule has 1 aliphatic rings. The standard InChI is InChI=1S/C14H23N3O3/c1-3-10(15)13(12-5-4-9(2)20-12)17-6-7-19-8-11(17)14(16)18/h4-5,10-11,13H,3,6-8,15H2,1-2H3,(H2,16,18). The molecule has 6 heteroatoms. The summed E-state index contributed by atoms with van der Waals surface area (Å²) < 4.78 is 11.1. The molecule has 0 radical (unpaired) electrons. The van der Waals surface area contributed by atoms with Crippen molar-refractivity contribution in [2.75, 3.05) is 19.8 Å². The number of ether oxygens (including phenoxy) is 1. The van der Waals surface area contributed by atoms with Gasteiger partial charge in [-0.15, -0.1) is 0 Å². The lowest BCUT2D eigenvalue weighted by Gasteiger charge is -2.40. The van der Waals surface area contributed by atoms with Crippen molar-refractivity contribution in [2.24, 2.45) is 11.5 Å². The Labute approximate surface area is 119 Å². The number of rotatable bonds is 5. The highest BCUT2D eigenvalue weighted by Crippen LogP contribution is 2.29. The maximum absolute atomic E-state index is 11.6. The topological polar surface area (TPSA) is 94.7 Å². The van der Waals surface area contributed by atoms with E-state index in [-0.39, 0.29) is 18.0 Å². The lowest BCUT2D eigenvalue weighted by atomic mass is 9.99. The second kappa shape index (κ2) is 6.39. The maximum atomic E-state index is 11.6. The highest BCUT2D eigenvalue weighted by Gasteiger charge is 2.37. The van der Waals surface area contributed by atoms with E-state index in [4.69, 9.17) is 20.6 Å². The van der Waals surface area contributed by atoms with Crippen LogP contribution in [0.3, 0.4) is 0 Å². The van der Waals surface area contributed by atoms with E-state index >= 15 is 0 Å². The quantitative estimate of drug-likeness (QED) is 0.822. The number of carbonyl (C=O) groups is 1. The Morgan fingerprint density at radius 3 is 2.85 bits per heavy atom. The minimum atomic E-state index is -0.461. The van der Waals surface area contributed by atoms with Crippen LogP contribution in [-0.2, 0) is 9.53 Å². The zero-order valence-electron chi connectivity index (χ0n) is 12.0. The monoisotopic (exact) mass is 281 g/mol. The van der Waals surface area contributed by atoms with Gasteiger partial charge in [0, 0.05) is 12.6 Å². The molecule has 1 aromatic rings. The van der Waals surface area contributed by atoms with E-state index in [1.807, 2.05) is 30.9 Å². The molecule has 20 heavy (non-hydrogen) atoms. The van der Waals surface area contributed by atoms with Gasteiger partial charge in [-0.25, -0.2) is 0 Å². The fraction of sp³-hybridized carbons (Fsp3) is 0.643. The van der Waals surface area contributed by atoms with Gasteiger partial charge in [-0.05, 0) is 25.5 Å². The minimum absolute atomic E-state index is 0.125. The van der Waals surface area contributed by atoms with E-state index in [1.54, 1.807) is 0 Å². The number of aryl methyl sites for hydroxylation is 1. The van der Waals surface area contributed by atoms with Crippen molar-refractivity contribution in [3.63, 3.8) is 0 Å². The van der Waals surface area contributed by atoms with Crippen LogP contribution in [0.1, 0.15) is 30.9 Å². The zero-order chi connectivity index (χ0) is 14.7. The molecule has 1 fully saturated rings. The zero-order valence-corrected chi connectivity index (χ0v) is 12.0. The first-order chi connectivity index (χ1) is 9.54. The third kappa shape index (κ3) is 3.03. The van der Waals surface area contributed by atoms with Crippen LogP contribution in [0.25, 0.3) is 0 Å². The summed E-state index contributed by atoms with van der Waals surface area (Å²) in [6.07, 6.45) is 0.785. The van der Waals surface area contributed by atoms with Gasteiger partial charge < -0.3 is 20.6 Å². The summed E-state index contributed by atoms with van der Waals surface area (Å²) in [5.41, 5.74) is 11.7. The molecular formula is C14H23N3O3. The number of hydrogen-bond donors (Lipinski definition) is 2. The highest BCUT2D eigenvalue weighted by molar-refractivity contribution is 5.80. The van der Waals surface area contributed by atoms with Crippen molar-refractivity contribution in [2.45, 2.75) is 38.4 Å². The van der Waals surface area contributed by atoms with Gasteiger partial charge in [0.25, 0.3) is 0 Å². The molecule has 2 rings (SSSR count). The van der Waals surface area contributed by atoms with Gasteiger partial charge in [0.05, 0.1) is 19.3 Å². The molecule has 4 N–H and O–H groups in total. The maximum Gasteiger partial charge on any atom is 0.237 e. The molecule has 0 spiro atoms.